The normalized spacial score (nSPS) is 12.3. The number of benzene rings is 1. The van der Waals surface area contributed by atoms with Crippen LogP contribution in [0.1, 0.15) is 5.76 Å². The van der Waals surface area contributed by atoms with Gasteiger partial charge in [0.2, 0.25) is 10.8 Å². The van der Waals surface area contributed by atoms with E-state index in [1.165, 1.54) is 34.2 Å². The quantitative estimate of drug-likeness (QED) is 0.481. The molecule has 0 saturated heterocycles. The van der Waals surface area contributed by atoms with Gasteiger partial charge in [0.15, 0.2) is 5.76 Å². The van der Waals surface area contributed by atoms with Crippen molar-refractivity contribution in [1.82, 2.24) is 14.6 Å². The van der Waals surface area contributed by atoms with Gasteiger partial charge in [-0.25, -0.2) is 4.39 Å². The summed E-state index contributed by atoms with van der Waals surface area (Å²) in [5.41, 5.74) is 0.476. The molecule has 0 fully saturated rings. The largest absolute Gasteiger partial charge is 0.461 e. The first kappa shape index (κ1) is 15.7. The van der Waals surface area contributed by atoms with Crippen molar-refractivity contribution < 1.29 is 13.2 Å². The summed E-state index contributed by atoms with van der Waals surface area (Å²) in [5.74, 6) is 1.67. The van der Waals surface area contributed by atoms with Gasteiger partial charge in [-0.15, -0.1) is 5.10 Å². The molecule has 8 heteroatoms. The molecule has 0 radical (unpaired) electrons. The molecule has 0 atom stereocenters. The Morgan fingerprint density at radius 2 is 1.93 bits per heavy atom. The lowest BCUT2D eigenvalue weighted by Gasteiger charge is -1.95. The van der Waals surface area contributed by atoms with E-state index in [2.05, 4.69) is 10.1 Å². The lowest BCUT2D eigenvalue weighted by atomic mass is 10.2. The Morgan fingerprint density at radius 1 is 1.07 bits per heavy atom. The molecule has 0 spiro atoms. The monoisotopic (exact) mass is 379 g/mol. The molecule has 5 rings (SSSR count). The molecule has 132 valence electrons. The van der Waals surface area contributed by atoms with E-state index in [4.69, 9.17) is 8.83 Å². The average molecular weight is 379 g/mol. The first-order valence-corrected chi connectivity index (χ1v) is 8.80. The van der Waals surface area contributed by atoms with Crippen LogP contribution < -0.4 is 10.1 Å². The van der Waals surface area contributed by atoms with Crippen molar-refractivity contribution >= 4 is 22.4 Å². The molecule has 6 nitrogen and oxygen atoms in total. The molecule has 27 heavy (non-hydrogen) atoms. The lowest BCUT2D eigenvalue weighted by Crippen LogP contribution is -2.23. The van der Waals surface area contributed by atoms with Crippen LogP contribution in [0.15, 0.2) is 68.4 Å². The number of hydrogen-bond donors (Lipinski definition) is 0. The second-order valence-electron chi connectivity index (χ2n) is 5.73. The maximum Gasteiger partial charge on any atom is 0.291 e. The van der Waals surface area contributed by atoms with Crippen molar-refractivity contribution in [2.45, 2.75) is 0 Å². The van der Waals surface area contributed by atoms with E-state index < -0.39 is 0 Å². The van der Waals surface area contributed by atoms with Crippen molar-refractivity contribution in [3.63, 3.8) is 0 Å². The summed E-state index contributed by atoms with van der Waals surface area (Å²) >= 11 is 1.21. The van der Waals surface area contributed by atoms with Crippen LogP contribution in [-0.2, 0) is 0 Å². The molecular weight excluding hydrogens is 369 g/mol. The van der Waals surface area contributed by atoms with Crippen molar-refractivity contribution in [2.75, 3.05) is 0 Å². The van der Waals surface area contributed by atoms with Crippen LogP contribution in [0.4, 0.5) is 4.39 Å². The molecule has 0 aliphatic heterocycles. The Balaban J connectivity index is 1.53. The summed E-state index contributed by atoms with van der Waals surface area (Å²) in [5, 5.41) is 4.20. The second-order valence-corrected chi connectivity index (χ2v) is 6.74. The fourth-order valence-corrected chi connectivity index (χ4v) is 3.56. The average Bonchev–Trinajstić information content (AvgIpc) is 3.43. The van der Waals surface area contributed by atoms with Gasteiger partial charge >= 0.3 is 0 Å². The summed E-state index contributed by atoms with van der Waals surface area (Å²) in [4.78, 5) is 17.4. The summed E-state index contributed by atoms with van der Waals surface area (Å²) in [7, 11) is 0. The van der Waals surface area contributed by atoms with Gasteiger partial charge in [-0.05, 0) is 48.5 Å². The molecule has 1 aromatic carbocycles. The maximum atomic E-state index is 13.0. The van der Waals surface area contributed by atoms with Crippen molar-refractivity contribution in [3.8, 4) is 22.9 Å². The van der Waals surface area contributed by atoms with Gasteiger partial charge in [0, 0.05) is 11.6 Å². The number of halogens is 1. The highest BCUT2D eigenvalue weighted by Gasteiger charge is 2.14. The summed E-state index contributed by atoms with van der Waals surface area (Å²) in [6.45, 7) is 0. The number of nitrogens with zero attached hydrogens (tertiary/aromatic N) is 3. The summed E-state index contributed by atoms with van der Waals surface area (Å²) in [6, 6.07) is 13.0. The third-order valence-corrected chi connectivity index (χ3v) is 4.91. The topological polar surface area (TPSA) is 73.5 Å². The predicted octanol–water partition coefficient (Wildman–Crippen LogP) is 3.36. The van der Waals surface area contributed by atoms with Gasteiger partial charge in [0.25, 0.3) is 5.56 Å². The van der Waals surface area contributed by atoms with Gasteiger partial charge in [-0.1, -0.05) is 11.3 Å². The molecule has 4 heterocycles. The SMILES string of the molecule is O=c1/c(=C/c2ccc(-c3ccc(F)cc3)o2)sc2nc(-c3ccco3)nn12. The van der Waals surface area contributed by atoms with Crippen LogP contribution in [-0.4, -0.2) is 14.6 Å². The third-order valence-electron chi connectivity index (χ3n) is 3.95. The Kier molecular flexibility index (Phi) is 3.51. The highest BCUT2D eigenvalue weighted by atomic mass is 32.1. The predicted molar refractivity (Wildman–Crippen MR) is 97.7 cm³/mol. The number of furan rings is 2. The summed E-state index contributed by atoms with van der Waals surface area (Å²) in [6.07, 6.45) is 3.17. The van der Waals surface area contributed by atoms with E-state index in [1.807, 2.05) is 0 Å². The number of rotatable bonds is 3. The highest BCUT2D eigenvalue weighted by molar-refractivity contribution is 7.15. The fourth-order valence-electron chi connectivity index (χ4n) is 2.67. The smallest absolute Gasteiger partial charge is 0.291 e. The third kappa shape index (κ3) is 2.76. The zero-order valence-corrected chi connectivity index (χ0v) is 14.4. The minimum Gasteiger partial charge on any atom is -0.461 e. The van der Waals surface area contributed by atoms with Crippen molar-refractivity contribution in [3.05, 3.63) is 81.3 Å². The summed E-state index contributed by atoms with van der Waals surface area (Å²) < 4.78 is 25.7. The number of fused-ring (bicyclic) bond motifs is 1. The molecule has 0 aliphatic carbocycles. The van der Waals surface area contributed by atoms with Gasteiger partial charge in [-0.3, -0.25) is 4.79 Å². The first-order chi connectivity index (χ1) is 13.2. The second kappa shape index (κ2) is 6.03. The van der Waals surface area contributed by atoms with E-state index in [0.29, 0.717) is 32.6 Å². The molecule has 0 N–H and O–H groups in total. The highest BCUT2D eigenvalue weighted by Crippen LogP contribution is 2.23. The fraction of sp³-hybridized carbons (Fsp3) is 0. The Morgan fingerprint density at radius 3 is 2.67 bits per heavy atom. The van der Waals surface area contributed by atoms with Gasteiger partial charge in [0.1, 0.15) is 21.9 Å². The van der Waals surface area contributed by atoms with Crippen LogP contribution in [0.3, 0.4) is 0 Å². The molecule has 5 aromatic rings. The van der Waals surface area contributed by atoms with Crippen LogP contribution >= 0.6 is 11.3 Å². The van der Waals surface area contributed by atoms with E-state index in [-0.39, 0.29) is 11.4 Å². The first-order valence-electron chi connectivity index (χ1n) is 7.98. The molecule has 0 unspecified atom stereocenters. The Labute approximate surface area is 154 Å². The van der Waals surface area contributed by atoms with Gasteiger partial charge in [0.05, 0.1) is 6.26 Å². The van der Waals surface area contributed by atoms with Gasteiger partial charge in [-0.2, -0.15) is 9.50 Å². The molecule has 0 amide bonds. The Hall–Kier alpha value is -3.52. The number of aromatic nitrogens is 3. The van der Waals surface area contributed by atoms with Gasteiger partial charge < -0.3 is 8.83 Å². The van der Waals surface area contributed by atoms with Crippen LogP contribution in [0.5, 0.6) is 0 Å². The standard InChI is InChI=1S/C19H10FN3O3S/c20-12-5-3-11(4-6-12)14-8-7-13(26-14)10-16-18(24)23-19(27-16)21-17(22-23)15-2-1-9-25-15/h1-10H/b16-10-. The van der Waals surface area contributed by atoms with E-state index in [0.717, 1.165) is 5.56 Å². The minimum atomic E-state index is -0.309. The zero-order chi connectivity index (χ0) is 18.4. The number of hydrogen-bond acceptors (Lipinski definition) is 6. The number of thiazole rings is 1. The Bertz CT molecular complexity index is 1350. The zero-order valence-electron chi connectivity index (χ0n) is 13.6. The molecule has 0 saturated carbocycles. The van der Waals surface area contributed by atoms with Crippen molar-refractivity contribution in [2.24, 2.45) is 0 Å². The van der Waals surface area contributed by atoms with E-state index in [1.54, 1.807) is 42.5 Å². The minimum absolute atomic E-state index is 0.278. The van der Waals surface area contributed by atoms with Crippen LogP contribution in [0, 0.1) is 5.82 Å². The maximum absolute atomic E-state index is 13.0. The molecular formula is C19H10FN3O3S. The lowest BCUT2D eigenvalue weighted by molar-refractivity contribution is 0.571. The van der Waals surface area contributed by atoms with E-state index >= 15 is 0 Å². The van der Waals surface area contributed by atoms with Crippen LogP contribution in [0.25, 0.3) is 33.9 Å². The van der Waals surface area contributed by atoms with E-state index in [9.17, 15) is 9.18 Å². The van der Waals surface area contributed by atoms with Crippen molar-refractivity contribution in [1.29, 1.82) is 0 Å². The molecule has 4 aromatic heterocycles. The molecule has 0 bridgehead atoms. The van der Waals surface area contributed by atoms with Crippen LogP contribution in [0.2, 0.25) is 0 Å². The molecule has 0 aliphatic rings.